The van der Waals surface area contributed by atoms with Crippen molar-refractivity contribution in [2.24, 2.45) is 0 Å². The van der Waals surface area contributed by atoms with Gasteiger partial charge in [0.25, 0.3) is 0 Å². The zero-order valence-corrected chi connectivity index (χ0v) is 79.5. The van der Waals surface area contributed by atoms with Gasteiger partial charge in [-0.15, -0.1) is 0 Å². The molecule has 2 aliphatic rings. The van der Waals surface area contributed by atoms with E-state index in [0.717, 1.165) is 85.6 Å². The van der Waals surface area contributed by atoms with E-state index in [9.17, 15) is 0 Å². The molecule has 0 heterocycles. The average Bonchev–Trinajstić information content (AvgIpc) is 0.812. The number of aryl methyl sites for hydroxylation is 4. The quantitative estimate of drug-likeness (QED) is 0.0281. The molecule has 0 spiro atoms. The van der Waals surface area contributed by atoms with Crippen LogP contribution in [0.2, 0.25) is 0 Å². The van der Waals surface area contributed by atoms with Crippen LogP contribution in [-0.4, -0.2) is 49.4 Å². The molecule has 0 aliphatic heterocycles. The van der Waals surface area contributed by atoms with Gasteiger partial charge in [-0.25, -0.2) is 0 Å². The highest BCUT2D eigenvalue weighted by Crippen LogP contribution is 2.39. The Balaban J connectivity index is 0.000000218. The van der Waals surface area contributed by atoms with E-state index in [-0.39, 0.29) is 43.6 Å². The van der Waals surface area contributed by atoms with E-state index < -0.39 is 0 Å². The highest BCUT2D eigenvalue weighted by atomic mass is 32.2. The SMILES string of the molecule is CCCCCCOc1ccc([S+](C)c2ccc(OCCCCCC)cc2)cc1.CCCCCCOc1ccc([S+](c2ccc(OCCCCCC)cc2)C2CCCCC2)cc1.CCCCCCc1ccc([S+](C)c2ccc(CCCCCC)cc2)cc1.CCCCCCc1ccc([S+](c2ccc(CCCCCC)cc2)C2CCCCC2)cc1. The van der Waals surface area contributed by atoms with Crippen molar-refractivity contribution in [3.8, 4) is 23.0 Å². The fourth-order valence-corrected chi connectivity index (χ4v) is 24.1. The van der Waals surface area contributed by atoms with E-state index in [4.69, 9.17) is 18.9 Å². The summed E-state index contributed by atoms with van der Waals surface area (Å²) in [7, 11) is 0.568. The number of benzene rings is 8. The molecule has 0 aromatic heterocycles. The third kappa shape index (κ3) is 39.7. The lowest BCUT2D eigenvalue weighted by atomic mass is 10.0. The lowest BCUT2D eigenvalue weighted by Gasteiger charge is -2.23. The fraction of sp³-hybridized carbons (Fsp3) is 0.564. The Morgan fingerprint density at radius 2 is 0.381 bits per heavy atom. The Morgan fingerprint density at radius 3 is 0.585 bits per heavy atom. The van der Waals surface area contributed by atoms with Gasteiger partial charge < -0.3 is 18.9 Å². The zero-order valence-electron chi connectivity index (χ0n) is 76.3. The molecule has 118 heavy (non-hydrogen) atoms. The number of ether oxygens (including phenoxy) is 4. The van der Waals surface area contributed by atoms with Gasteiger partial charge in [-0.05, 0) is 296 Å². The molecular weight excluding hydrogens is 1510 g/mol. The number of rotatable bonds is 54. The van der Waals surface area contributed by atoms with Gasteiger partial charge in [-0.1, -0.05) is 271 Å². The minimum atomic E-state index is 0.0555. The minimum absolute atomic E-state index is 0.0555. The molecule has 0 saturated heterocycles. The van der Waals surface area contributed by atoms with Crippen molar-refractivity contribution >= 4 is 43.6 Å². The van der Waals surface area contributed by atoms with Crippen LogP contribution in [0, 0.1) is 0 Å². The molecule has 8 aromatic carbocycles. The summed E-state index contributed by atoms with van der Waals surface area (Å²) in [5, 5.41) is 1.58. The van der Waals surface area contributed by atoms with Gasteiger partial charge >= 0.3 is 0 Å². The Bertz CT molecular complexity index is 3450. The van der Waals surface area contributed by atoms with Gasteiger partial charge in [-0.2, -0.15) is 0 Å². The number of hydrogen-bond donors (Lipinski definition) is 0. The topological polar surface area (TPSA) is 36.9 Å². The van der Waals surface area contributed by atoms with Gasteiger partial charge in [0, 0.05) is 0 Å². The van der Waals surface area contributed by atoms with Crippen LogP contribution in [-0.2, 0) is 69.3 Å². The van der Waals surface area contributed by atoms with Crippen molar-refractivity contribution in [1.29, 1.82) is 0 Å². The minimum Gasteiger partial charge on any atom is -0.494 e. The monoisotopic (exact) mass is 1680 g/mol. The maximum atomic E-state index is 6.00. The Morgan fingerprint density at radius 1 is 0.203 bits per heavy atom. The number of hydrogen-bond acceptors (Lipinski definition) is 4. The summed E-state index contributed by atoms with van der Waals surface area (Å²) in [6.07, 6.45) is 64.8. The van der Waals surface area contributed by atoms with Crippen LogP contribution in [0.3, 0.4) is 0 Å². The maximum absolute atomic E-state index is 6.00. The average molecular weight is 1680 g/mol. The van der Waals surface area contributed by atoms with Crippen molar-refractivity contribution in [3.63, 3.8) is 0 Å². The van der Waals surface area contributed by atoms with Crippen molar-refractivity contribution in [2.75, 3.05) is 38.9 Å². The lowest BCUT2D eigenvalue weighted by molar-refractivity contribution is 0.304. The summed E-state index contributed by atoms with van der Waals surface area (Å²) in [5.41, 5.74) is 6.03. The summed E-state index contributed by atoms with van der Waals surface area (Å²) in [4.78, 5) is 11.6. The predicted molar refractivity (Wildman–Crippen MR) is 523 cm³/mol. The zero-order chi connectivity index (χ0) is 83.5. The van der Waals surface area contributed by atoms with Crippen molar-refractivity contribution in [2.45, 2.75) is 400 Å². The van der Waals surface area contributed by atoms with Crippen molar-refractivity contribution in [3.05, 3.63) is 216 Å². The lowest BCUT2D eigenvalue weighted by Crippen LogP contribution is -2.25. The van der Waals surface area contributed by atoms with E-state index in [2.05, 4.69) is 262 Å². The third-order valence-corrected chi connectivity index (χ3v) is 32.8. The van der Waals surface area contributed by atoms with Crippen LogP contribution in [0.5, 0.6) is 23.0 Å². The first kappa shape index (κ1) is 99.5. The van der Waals surface area contributed by atoms with E-state index in [0.29, 0.717) is 0 Å². The first-order valence-electron chi connectivity index (χ1n) is 48.2. The smallest absolute Gasteiger partial charge is 0.161 e. The van der Waals surface area contributed by atoms with Gasteiger partial charge in [0.1, 0.15) is 46.0 Å². The molecule has 0 radical (unpaired) electrons. The summed E-state index contributed by atoms with van der Waals surface area (Å²) in [6, 6.07) is 73.5. The normalized spacial score (nSPS) is 13.1. The van der Waals surface area contributed by atoms with Crippen molar-refractivity contribution in [1.82, 2.24) is 0 Å². The molecule has 0 atom stereocenters. The number of unbranched alkanes of at least 4 members (excludes halogenated alkanes) is 24. The second-order valence-electron chi connectivity index (χ2n) is 33.6. The van der Waals surface area contributed by atoms with Crippen LogP contribution in [0.1, 0.15) is 347 Å². The van der Waals surface area contributed by atoms with E-state index in [1.54, 1.807) is 9.79 Å². The standard InChI is InChI=1S/C30H45O2S.C30H45S.C25H37O2S.C25H37S/c1-3-5-7-12-24-31-26-16-20-29(21-17-26)33(28-14-10-9-11-15-28)30-22-18-27(19-23-30)32-25-13-8-6-4-2;1-3-5-7-10-14-26-18-22-29(23-19-26)31(28-16-12-9-13-17-28)30-24-20-27(21-25-30)15-11-8-6-4-2;1-4-6-8-10-20-26-22-12-16-24(17-13-22)28(3)25-18-14-23(15-19-25)27-21-11-9-7-5-2;1-4-6-8-10-12-22-14-18-24(19-15-22)26(3)25-20-16-23(17-21-25)13-11-9-7-5-2/h16-23,28H,3-15,24-25H2,1-2H3;18-25,28H,3-17H2,1-2H3;12-19H,4-11,20-21H2,1-3H3;14-21H,4-13H2,1-3H3/q4*+1. The van der Waals surface area contributed by atoms with E-state index >= 15 is 0 Å². The highest BCUT2D eigenvalue weighted by molar-refractivity contribution is 7.98. The maximum Gasteiger partial charge on any atom is 0.161 e. The summed E-state index contributed by atoms with van der Waals surface area (Å²) >= 11 is 0. The molecule has 648 valence electrons. The van der Waals surface area contributed by atoms with Gasteiger partial charge in [0.05, 0.1) is 70.0 Å². The Kier molecular flexibility index (Phi) is 53.4. The molecule has 2 aliphatic carbocycles. The Labute approximate surface area is 735 Å². The molecule has 8 aromatic rings. The van der Waals surface area contributed by atoms with E-state index in [1.165, 1.54) is 321 Å². The second-order valence-corrected chi connectivity index (χ2v) is 42.1. The molecule has 0 amide bonds. The first-order valence-corrected chi connectivity index (χ1v) is 54.0. The first-order chi connectivity index (χ1) is 58.1. The molecule has 4 nitrogen and oxygen atoms in total. The van der Waals surface area contributed by atoms with Gasteiger partial charge in [-0.3, -0.25) is 0 Å². The van der Waals surface area contributed by atoms with Crippen LogP contribution >= 0.6 is 0 Å². The Hall–Kier alpha value is -5.64. The predicted octanol–water partition coefficient (Wildman–Crippen LogP) is 33.1. The molecule has 10 rings (SSSR count). The van der Waals surface area contributed by atoms with Crippen LogP contribution in [0.25, 0.3) is 0 Å². The molecule has 8 heteroatoms. The van der Waals surface area contributed by atoms with Gasteiger partial charge in [0.2, 0.25) is 0 Å². The second kappa shape index (κ2) is 63.3. The molecule has 0 N–H and O–H groups in total. The fourth-order valence-electron chi connectivity index (χ4n) is 16.0. The van der Waals surface area contributed by atoms with Crippen LogP contribution < -0.4 is 18.9 Å². The molecule has 2 saturated carbocycles. The highest BCUT2D eigenvalue weighted by Gasteiger charge is 2.38. The molecule has 0 bridgehead atoms. The van der Waals surface area contributed by atoms with Crippen LogP contribution in [0.15, 0.2) is 233 Å². The van der Waals surface area contributed by atoms with E-state index in [1.807, 2.05) is 0 Å². The third-order valence-electron chi connectivity index (χ3n) is 23.5. The van der Waals surface area contributed by atoms with Gasteiger partial charge in [0.15, 0.2) is 39.2 Å². The molecular formula is C110H164O4S4+4. The van der Waals surface area contributed by atoms with Crippen molar-refractivity contribution < 1.29 is 18.9 Å². The largest absolute Gasteiger partial charge is 0.494 e. The summed E-state index contributed by atoms with van der Waals surface area (Å²) in [5.74, 6) is 3.97. The van der Waals surface area contributed by atoms with Crippen LogP contribution in [0.4, 0.5) is 0 Å². The molecule has 0 unspecified atom stereocenters. The summed E-state index contributed by atoms with van der Waals surface area (Å²) in [6.45, 7) is 21.4. The summed E-state index contributed by atoms with van der Waals surface area (Å²) < 4.78 is 23.7. The molecule has 2 fully saturated rings.